The number of ether oxygens (including phenoxy) is 2. The lowest BCUT2D eigenvalue weighted by atomic mass is 10.1. The van der Waals surface area contributed by atoms with Gasteiger partial charge >= 0.3 is 0 Å². The van der Waals surface area contributed by atoms with E-state index in [1.807, 2.05) is 44.4 Å². The number of methoxy groups -OCH3 is 1. The smallest absolute Gasteiger partial charge is 0.272 e. The van der Waals surface area contributed by atoms with Crippen LogP contribution < -0.4 is 15.0 Å². The van der Waals surface area contributed by atoms with Crippen LogP contribution in [0.3, 0.4) is 0 Å². The Labute approximate surface area is 172 Å². The van der Waals surface area contributed by atoms with E-state index in [0.717, 1.165) is 12.1 Å². The third kappa shape index (κ3) is 4.43. The number of rotatable bonds is 7. The molecule has 0 amide bonds. The van der Waals surface area contributed by atoms with Crippen molar-refractivity contribution in [2.45, 2.75) is 0 Å². The highest BCUT2D eigenvalue weighted by Crippen LogP contribution is 2.32. The van der Waals surface area contributed by atoms with Crippen LogP contribution in [-0.4, -0.2) is 48.6 Å². The number of nitrogens with zero attached hydrogens (tertiary/aromatic N) is 3. The summed E-state index contributed by atoms with van der Waals surface area (Å²) in [5.74, 6) is 1.32. The third-order valence-electron chi connectivity index (χ3n) is 4.14. The van der Waals surface area contributed by atoms with Gasteiger partial charge in [-0.15, -0.1) is 0 Å². The molecule has 1 aromatic carbocycles. The van der Waals surface area contributed by atoms with Gasteiger partial charge in [-0.3, -0.25) is 9.20 Å². The average molecular weight is 444 g/mol. The molecule has 0 N–H and O–H groups in total. The third-order valence-corrected chi connectivity index (χ3v) is 4.89. The number of aromatic nitrogens is 2. The molecule has 2 aromatic heterocycles. The molecular formula is C21H22BrN3O3. The van der Waals surface area contributed by atoms with Crippen LogP contribution in [0.25, 0.3) is 17.8 Å². The Morgan fingerprint density at radius 1 is 1.18 bits per heavy atom. The maximum Gasteiger partial charge on any atom is 0.272 e. The molecule has 2 heterocycles. The monoisotopic (exact) mass is 443 g/mol. The molecule has 0 saturated carbocycles. The van der Waals surface area contributed by atoms with Crippen LogP contribution in [0.5, 0.6) is 11.5 Å². The van der Waals surface area contributed by atoms with Crippen molar-refractivity contribution >= 4 is 33.7 Å². The van der Waals surface area contributed by atoms with E-state index in [1.165, 1.54) is 4.40 Å². The van der Waals surface area contributed by atoms with Gasteiger partial charge in [-0.2, -0.15) is 0 Å². The van der Waals surface area contributed by atoms with E-state index in [4.69, 9.17) is 9.47 Å². The van der Waals surface area contributed by atoms with Crippen molar-refractivity contribution in [1.29, 1.82) is 0 Å². The van der Waals surface area contributed by atoms with Crippen molar-refractivity contribution in [3.05, 3.63) is 68.7 Å². The maximum absolute atomic E-state index is 12.5. The molecule has 0 radical (unpaired) electrons. The van der Waals surface area contributed by atoms with Gasteiger partial charge in [-0.05, 0) is 60.4 Å². The minimum absolute atomic E-state index is 0.154. The second kappa shape index (κ2) is 9.03. The van der Waals surface area contributed by atoms with Crippen LogP contribution >= 0.6 is 15.9 Å². The first-order chi connectivity index (χ1) is 13.5. The van der Waals surface area contributed by atoms with E-state index in [0.29, 0.717) is 33.9 Å². The summed E-state index contributed by atoms with van der Waals surface area (Å²) in [6.07, 6.45) is 5.37. The maximum atomic E-state index is 12.5. The number of hydrogen-bond donors (Lipinski definition) is 0. The summed E-state index contributed by atoms with van der Waals surface area (Å²) in [4.78, 5) is 19.1. The molecule has 0 bridgehead atoms. The summed E-state index contributed by atoms with van der Waals surface area (Å²) >= 11 is 3.37. The highest BCUT2D eigenvalue weighted by atomic mass is 79.9. The molecule has 3 aromatic rings. The zero-order valence-electron chi connectivity index (χ0n) is 16.1. The topological polar surface area (TPSA) is 56.1 Å². The number of para-hydroxylation sites is 1. The van der Waals surface area contributed by atoms with Crippen LogP contribution in [0, 0.1) is 0 Å². The Balaban J connectivity index is 1.97. The molecule has 6 nitrogen and oxygen atoms in total. The molecule has 0 spiro atoms. The number of pyridine rings is 1. The fourth-order valence-corrected chi connectivity index (χ4v) is 3.09. The Bertz CT molecular complexity index is 1060. The predicted octanol–water partition coefficient (Wildman–Crippen LogP) is 3.58. The van der Waals surface area contributed by atoms with Gasteiger partial charge in [0.2, 0.25) is 0 Å². The van der Waals surface area contributed by atoms with Gasteiger partial charge < -0.3 is 14.4 Å². The lowest BCUT2D eigenvalue weighted by molar-refractivity contribution is 0.250. The first-order valence-electron chi connectivity index (χ1n) is 8.80. The van der Waals surface area contributed by atoms with E-state index in [-0.39, 0.29) is 5.56 Å². The number of benzene rings is 1. The normalized spacial score (nSPS) is 11.5. The molecule has 0 aliphatic carbocycles. The van der Waals surface area contributed by atoms with Crippen molar-refractivity contribution < 1.29 is 9.47 Å². The van der Waals surface area contributed by atoms with E-state index in [9.17, 15) is 4.79 Å². The van der Waals surface area contributed by atoms with Crippen LogP contribution in [0.4, 0.5) is 0 Å². The lowest BCUT2D eigenvalue weighted by Gasteiger charge is -2.15. The molecule has 3 rings (SSSR count). The van der Waals surface area contributed by atoms with Crippen molar-refractivity contribution in [2.75, 3.05) is 34.4 Å². The first-order valence-corrected chi connectivity index (χ1v) is 9.60. The average Bonchev–Trinajstić information content (AvgIpc) is 2.70. The number of likely N-dealkylation sites (N-methyl/N-ethyl adjacent to an activating group) is 1. The lowest BCUT2D eigenvalue weighted by Crippen LogP contribution is -2.19. The molecule has 28 heavy (non-hydrogen) atoms. The molecule has 0 aliphatic heterocycles. The Hall–Kier alpha value is -2.64. The van der Waals surface area contributed by atoms with E-state index >= 15 is 0 Å². The molecule has 0 fully saturated rings. The quantitative estimate of drug-likeness (QED) is 0.558. The van der Waals surface area contributed by atoms with E-state index < -0.39 is 0 Å². The van der Waals surface area contributed by atoms with Crippen LogP contribution in [0.1, 0.15) is 11.3 Å². The van der Waals surface area contributed by atoms with Crippen molar-refractivity contribution in [3.8, 4) is 11.5 Å². The standard InChI is InChI=1S/C21H22BrN3O3/c1-24(2)13-14-28-20-15(7-6-8-17(20)27-3)10-11-16-19(22)21(26)25-12-5-4-9-18(25)23-16/h4-12H,13-14H2,1-3H3/b11-10+. The zero-order valence-corrected chi connectivity index (χ0v) is 17.6. The summed E-state index contributed by atoms with van der Waals surface area (Å²) in [6.45, 7) is 1.32. The molecule has 0 unspecified atom stereocenters. The minimum atomic E-state index is -0.154. The van der Waals surface area contributed by atoms with Gasteiger partial charge in [0.25, 0.3) is 5.56 Å². The summed E-state index contributed by atoms with van der Waals surface area (Å²) in [6, 6.07) is 11.1. The second-order valence-corrected chi connectivity index (χ2v) is 7.20. The van der Waals surface area contributed by atoms with E-state index in [2.05, 4.69) is 25.8 Å². The largest absolute Gasteiger partial charge is 0.493 e. The van der Waals surface area contributed by atoms with Gasteiger partial charge in [0, 0.05) is 18.3 Å². The first kappa shape index (κ1) is 20.1. The number of fused-ring (bicyclic) bond motifs is 1. The van der Waals surface area contributed by atoms with Crippen LogP contribution in [-0.2, 0) is 0 Å². The summed E-state index contributed by atoms with van der Waals surface area (Å²) in [7, 11) is 5.60. The summed E-state index contributed by atoms with van der Waals surface area (Å²) in [5, 5.41) is 0. The van der Waals surface area contributed by atoms with Crippen LogP contribution in [0.2, 0.25) is 0 Å². The second-order valence-electron chi connectivity index (χ2n) is 6.41. The van der Waals surface area contributed by atoms with Gasteiger partial charge in [-0.1, -0.05) is 18.2 Å². The van der Waals surface area contributed by atoms with Gasteiger partial charge in [-0.25, -0.2) is 4.98 Å². The van der Waals surface area contributed by atoms with Gasteiger partial charge in [0.15, 0.2) is 11.5 Å². The van der Waals surface area contributed by atoms with Crippen LogP contribution in [0.15, 0.2) is 51.9 Å². The molecule has 0 aliphatic rings. The number of halogens is 1. The Morgan fingerprint density at radius 3 is 2.75 bits per heavy atom. The van der Waals surface area contributed by atoms with Gasteiger partial charge in [0.05, 0.1) is 12.8 Å². The molecule has 0 atom stereocenters. The summed E-state index contributed by atoms with van der Waals surface area (Å²) in [5.41, 5.74) is 1.83. The Morgan fingerprint density at radius 2 is 2.00 bits per heavy atom. The summed E-state index contributed by atoms with van der Waals surface area (Å²) < 4.78 is 13.3. The fourth-order valence-electron chi connectivity index (χ4n) is 2.67. The molecule has 0 saturated heterocycles. The van der Waals surface area contributed by atoms with Crippen molar-refractivity contribution in [1.82, 2.24) is 14.3 Å². The van der Waals surface area contributed by atoms with Gasteiger partial charge in [0.1, 0.15) is 16.7 Å². The molecule has 7 heteroatoms. The molecule has 146 valence electrons. The minimum Gasteiger partial charge on any atom is -0.493 e. The highest BCUT2D eigenvalue weighted by molar-refractivity contribution is 9.10. The molecular weight excluding hydrogens is 422 g/mol. The number of hydrogen-bond acceptors (Lipinski definition) is 5. The predicted molar refractivity (Wildman–Crippen MR) is 115 cm³/mol. The zero-order chi connectivity index (χ0) is 20.1. The van der Waals surface area contributed by atoms with Crippen molar-refractivity contribution in [2.24, 2.45) is 0 Å². The fraction of sp³-hybridized carbons (Fsp3) is 0.238. The SMILES string of the molecule is COc1cccc(/C=C/c2nc3ccccn3c(=O)c2Br)c1OCCN(C)C. The van der Waals surface area contributed by atoms with E-state index in [1.54, 1.807) is 31.5 Å². The Kier molecular flexibility index (Phi) is 6.49. The van der Waals surface area contributed by atoms with Crippen molar-refractivity contribution in [3.63, 3.8) is 0 Å². The highest BCUT2D eigenvalue weighted by Gasteiger charge is 2.11.